The average molecular weight is 760 g/mol. The fourth-order valence-electron chi connectivity index (χ4n) is 8.05. The molecule has 0 atom stereocenters. The van der Waals surface area contributed by atoms with E-state index in [0.717, 1.165) is 38.2 Å². The molecule has 5 aromatic carbocycles. The van der Waals surface area contributed by atoms with Gasteiger partial charge in [-0.05, 0) is 94.6 Å². The van der Waals surface area contributed by atoms with Crippen molar-refractivity contribution in [3.63, 3.8) is 0 Å². The maximum absolute atomic E-state index is 14.4. The summed E-state index contributed by atoms with van der Waals surface area (Å²) in [6.07, 6.45) is 8.43. The van der Waals surface area contributed by atoms with Crippen LogP contribution in [-0.4, -0.2) is 126 Å². The van der Waals surface area contributed by atoms with Gasteiger partial charge in [-0.2, -0.15) is 0 Å². The monoisotopic (exact) mass is 759 g/mol. The first-order valence-corrected chi connectivity index (χ1v) is 18.9. The van der Waals surface area contributed by atoms with E-state index in [2.05, 4.69) is 0 Å². The number of amides is 4. The van der Waals surface area contributed by atoms with Crippen LogP contribution < -0.4 is 0 Å². The number of methoxy groups -OCH3 is 2. The summed E-state index contributed by atoms with van der Waals surface area (Å²) in [5.41, 5.74) is 1.76. The van der Waals surface area contributed by atoms with Crippen molar-refractivity contribution < 1.29 is 47.6 Å². The Kier molecular flexibility index (Phi) is 11.6. The fourth-order valence-corrected chi connectivity index (χ4v) is 8.05. The Morgan fingerprint density at radius 2 is 0.875 bits per heavy atom. The van der Waals surface area contributed by atoms with Crippen LogP contribution in [0.3, 0.4) is 0 Å². The topological polar surface area (TPSA) is 130 Å². The Balaban J connectivity index is 1.12. The van der Waals surface area contributed by atoms with Crippen molar-refractivity contribution in [3.05, 3.63) is 102 Å². The molecule has 0 N–H and O–H groups in total. The number of hydrogen-bond acceptors (Lipinski definition) is 10. The van der Waals surface area contributed by atoms with Gasteiger partial charge in [0.25, 0.3) is 23.6 Å². The molecule has 2 heterocycles. The smallest absolute Gasteiger partial charge is 0.261 e. The number of imide groups is 2. The molecule has 0 aromatic heterocycles. The van der Waals surface area contributed by atoms with Crippen molar-refractivity contribution >= 4 is 66.7 Å². The normalized spacial score (nSPS) is 16.1. The van der Waals surface area contributed by atoms with E-state index in [0.29, 0.717) is 79.1 Å². The van der Waals surface area contributed by atoms with E-state index in [1.54, 1.807) is 38.5 Å². The minimum atomic E-state index is -0.723. The molecular weight excluding hydrogens is 716 g/mol. The Morgan fingerprint density at radius 3 is 1.30 bits per heavy atom. The van der Waals surface area contributed by atoms with Gasteiger partial charge in [0.05, 0.1) is 72.1 Å². The predicted molar refractivity (Wildman–Crippen MR) is 209 cm³/mol. The lowest BCUT2D eigenvalue weighted by atomic mass is 9.82. The number of benzene rings is 5. The first kappa shape index (κ1) is 38.3. The minimum absolute atomic E-state index is 0.0483. The molecule has 5 radical (unpaired) electrons. The molecule has 12 nitrogen and oxygen atoms in total. The van der Waals surface area contributed by atoms with E-state index in [4.69, 9.17) is 28.4 Å². The van der Waals surface area contributed by atoms with E-state index in [-0.39, 0.29) is 44.8 Å². The van der Waals surface area contributed by atoms with Crippen molar-refractivity contribution in [2.24, 2.45) is 0 Å². The molecule has 1 fully saturated rings. The Bertz CT molecular complexity index is 2140. The molecule has 0 saturated heterocycles. The van der Waals surface area contributed by atoms with Crippen LogP contribution >= 0.6 is 0 Å². The molecule has 1 saturated carbocycles. The molecule has 0 unspecified atom stereocenters. The van der Waals surface area contributed by atoms with Crippen molar-refractivity contribution in [1.29, 1.82) is 0 Å². The quantitative estimate of drug-likeness (QED) is 0.0437. The summed E-state index contributed by atoms with van der Waals surface area (Å²) < 4.78 is 33.0. The van der Waals surface area contributed by atoms with Gasteiger partial charge in [0, 0.05) is 53.8 Å². The molecule has 12 heteroatoms. The fraction of sp³-hybridized carbons (Fsp3) is 0.341. The van der Waals surface area contributed by atoms with Crippen LogP contribution in [-0.2, 0) is 28.4 Å². The number of fused-ring (bicyclic) bond motifs is 2. The number of rotatable bonds is 20. The first-order valence-electron chi connectivity index (χ1n) is 18.9. The van der Waals surface area contributed by atoms with Gasteiger partial charge >= 0.3 is 0 Å². The highest BCUT2D eigenvalue weighted by Crippen LogP contribution is 2.46. The van der Waals surface area contributed by atoms with Crippen LogP contribution in [0.25, 0.3) is 43.1 Å². The number of hydrogen-bond donors (Lipinski definition) is 0. The highest BCUT2D eigenvalue weighted by Gasteiger charge is 2.40. The lowest BCUT2D eigenvalue weighted by molar-refractivity contribution is -0.0221. The van der Waals surface area contributed by atoms with Crippen LogP contribution in [0.1, 0.15) is 47.9 Å². The SMILES string of the molecule is COCCOCCOCC(COCCOCCOC)N1C(=O)c2ccc3c4ccc5c6c(ccc(c7ccc(c2c37)C1=O)c64)C(=O)N(CC[C]1[CH][CH][CH][CH]1)C5=O. The van der Waals surface area contributed by atoms with Gasteiger partial charge in [-0.25, -0.2) is 0 Å². The van der Waals surface area contributed by atoms with E-state index in [1.807, 2.05) is 49.9 Å². The summed E-state index contributed by atoms with van der Waals surface area (Å²) in [5.74, 6) is -0.445. The van der Waals surface area contributed by atoms with Crippen LogP contribution in [0.2, 0.25) is 0 Å². The molecule has 56 heavy (non-hydrogen) atoms. The van der Waals surface area contributed by atoms with Gasteiger partial charge in [-0.15, -0.1) is 0 Å². The second-order valence-corrected chi connectivity index (χ2v) is 13.9. The summed E-state index contributed by atoms with van der Waals surface area (Å²) in [6.45, 7) is 3.33. The summed E-state index contributed by atoms with van der Waals surface area (Å²) in [5, 5.41) is 6.14. The van der Waals surface area contributed by atoms with Gasteiger partial charge in [-0.3, -0.25) is 29.0 Å². The van der Waals surface area contributed by atoms with Gasteiger partial charge in [-0.1, -0.05) is 24.3 Å². The summed E-state index contributed by atoms with van der Waals surface area (Å²) in [7, 11) is 3.20. The van der Waals surface area contributed by atoms with Crippen LogP contribution in [0.15, 0.2) is 48.5 Å². The molecule has 0 spiro atoms. The summed E-state index contributed by atoms with van der Waals surface area (Å²) in [4.78, 5) is 59.3. The Labute approximate surface area is 325 Å². The van der Waals surface area contributed by atoms with Crippen molar-refractivity contribution in [1.82, 2.24) is 9.80 Å². The van der Waals surface area contributed by atoms with Crippen LogP contribution in [0.4, 0.5) is 0 Å². The highest BCUT2D eigenvalue weighted by atomic mass is 16.5. The van der Waals surface area contributed by atoms with E-state index >= 15 is 0 Å². The van der Waals surface area contributed by atoms with Gasteiger partial charge in [0.1, 0.15) is 0 Å². The van der Waals surface area contributed by atoms with Crippen LogP contribution in [0, 0.1) is 31.6 Å². The van der Waals surface area contributed by atoms with E-state index < -0.39 is 17.9 Å². The number of carbonyl (C=O) groups excluding carboxylic acids is 4. The summed E-state index contributed by atoms with van der Waals surface area (Å²) in [6, 6.07) is 14.0. The van der Waals surface area contributed by atoms with Crippen molar-refractivity contribution in [3.8, 4) is 0 Å². The summed E-state index contributed by atoms with van der Waals surface area (Å²) >= 11 is 0. The number of carbonyl (C=O) groups is 4. The van der Waals surface area contributed by atoms with Crippen molar-refractivity contribution in [2.75, 3.05) is 86.8 Å². The van der Waals surface area contributed by atoms with Gasteiger partial charge < -0.3 is 28.4 Å². The van der Waals surface area contributed by atoms with E-state index in [9.17, 15) is 19.2 Å². The molecule has 289 valence electrons. The predicted octanol–water partition coefficient (Wildman–Crippen LogP) is 5.45. The number of ether oxygens (including phenoxy) is 6. The zero-order chi connectivity index (χ0) is 38.8. The molecule has 2 aliphatic heterocycles. The maximum atomic E-state index is 14.4. The third-order valence-electron chi connectivity index (χ3n) is 10.7. The molecule has 0 bridgehead atoms. The van der Waals surface area contributed by atoms with Crippen LogP contribution in [0.5, 0.6) is 0 Å². The maximum Gasteiger partial charge on any atom is 0.261 e. The lowest BCUT2D eigenvalue weighted by Gasteiger charge is -2.34. The standard InChI is InChI=1S/C44H43N2O10/c1-51-17-19-53-21-23-55-25-28(26-56-24-22-54-20-18-52-2)46-43(49)35-13-9-31-29-7-11-33-39-34(42(48)45(41(33)47)16-15-27-5-3-4-6-27)12-8-30(37(29)39)32-10-14-36(44(46)50)40(35)38(31)32/h3-14,28H,15-26H2,1-2H3. The molecule has 8 rings (SSSR count). The highest BCUT2D eigenvalue weighted by molar-refractivity contribution is 6.41. The van der Waals surface area contributed by atoms with Gasteiger partial charge in [0.2, 0.25) is 0 Å². The second-order valence-electron chi connectivity index (χ2n) is 13.9. The Hall–Kier alpha value is -4.56. The largest absolute Gasteiger partial charge is 0.382 e. The average Bonchev–Trinajstić information content (AvgIpc) is 3.74. The second kappa shape index (κ2) is 16.9. The molecule has 5 aromatic rings. The zero-order valence-corrected chi connectivity index (χ0v) is 31.5. The van der Waals surface area contributed by atoms with Gasteiger partial charge in [0.15, 0.2) is 0 Å². The molecular formula is C44H43N2O10. The number of nitrogens with zero attached hydrogens (tertiary/aromatic N) is 2. The third-order valence-corrected chi connectivity index (χ3v) is 10.7. The lowest BCUT2D eigenvalue weighted by Crippen LogP contribution is -2.51. The third kappa shape index (κ3) is 6.92. The zero-order valence-electron chi connectivity index (χ0n) is 31.5. The molecule has 4 amide bonds. The molecule has 3 aliphatic rings. The van der Waals surface area contributed by atoms with Crippen molar-refractivity contribution in [2.45, 2.75) is 12.5 Å². The minimum Gasteiger partial charge on any atom is -0.382 e. The molecule has 1 aliphatic carbocycles. The Morgan fingerprint density at radius 1 is 0.482 bits per heavy atom. The van der Waals surface area contributed by atoms with E-state index in [1.165, 1.54) is 9.80 Å². The first-order chi connectivity index (χ1) is 27.4.